The second-order valence-corrected chi connectivity index (χ2v) is 5.07. The van der Waals surface area contributed by atoms with Gasteiger partial charge in [0, 0.05) is 12.0 Å². The van der Waals surface area contributed by atoms with E-state index in [0.29, 0.717) is 23.6 Å². The Morgan fingerprint density at radius 3 is 3.12 bits per heavy atom. The molecule has 1 aromatic heterocycles. The minimum absolute atomic E-state index is 0.0942. The van der Waals surface area contributed by atoms with Gasteiger partial charge in [-0.3, -0.25) is 4.79 Å². The SMILES string of the molecule is COCCC(=O)Nc1sc2c(c1C#N)CCC2. The Kier molecular flexibility index (Phi) is 3.77. The molecule has 1 heterocycles. The van der Waals surface area contributed by atoms with E-state index in [1.807, 2.05) is 0 Å². The molecule has 0 atom stereocenters. The summed E-state index contributed by atoms with van der Waals surface area (Å²) in [6, 6.07) is 2.20. The lowest BCUT2D eigenvalue weighted by Gasteiger charge is -2.03. The summed E-state index contributed by atoms with van der Waals surface area (Å²) >= 11 is 1.54. The molecule has 0 unspecified atom stereocenters. The number of rotatable bonds is 4. The number of fused-ring (bicyclic) bond motifs is 1. The zero-order valence-corrected chi connectivity index (χ0v) is 10.5. The van der Waals surface area contributed by atoms with Crippen LogP contribution < -0.4 is 5.32 Å². The first-order valence-corrected chi connectivity index (χ1v) is 6.41. The molecular formula is C12H14N2O2S. The Balaban J connectivity index is 2.12. The molecule has 0 saturated heterocycles. The predicted molar refractivity (Wildman–Crippen MR) is 66.2 cm³/mol. The Morgan fingerprint density at radius 1 is 1.59 bits per heavy atom. The topological polar surface area (TPSA) is 62.1 Å². The molecule has 0 aromatic carbocycles. The molecule has 0 radical (unpaired) electrons. The molecule has 1 aliphatic rings. The maximum Gasteiger partial charge on any atom is 0.227 e. The average molecular weight is 250 g/mol. The van der Waals surface area contributed by atoms with E-state index in [1.54, 1.807) is 7.11 Å². The molecule has 1 aromatic rings. The molecule has 0 bridgehead atoms. The fourth-order valence-electron chi connectivity index (χ4n) is 1.99. The molecular weight excluding hydrogens is 236 g/mol. The Morgan fingerprint density at radius 2 is 2.41 bits per heavy atom. The molecule has 17 heavy (non-hydrogen) atoms. The van der Waals surface area contributed by atoms with E-state index < -0.39 is 0 Å². The highest BCUT2D eigenvalue weighted by Gasteiger charge is 2.22. The summed E-state index contributed by atoms with van der Waals surface area (Å²) in [5.74, 6) is -0.0942. The van der Waals surface area contributed by atoms with E-state index in [-0.39, 0.29) is 5.91 Å². The van der Waals surface area contributed by atoms with E-state index in [1.165, 1.54) is 16.2 Å². The molecule has 0 saturated carbocycles. The van der Waals surface area contributed by atoms with Crippen molar-refractivity contribution < 1.29 is 9.53 Å². The van der Waals surface area contributed by atoms with Gasteiger partial charge < -0.3 is 10.1 Å². The second kappa shape index (κ2) is 5.30. The van der Waals surface area contributed by atoms with Crippen LogP contribution in [0.2, 0.25) is 0 Å². The van der Waals surface area contributed by atoms with Crippen LogP contribution in [0.1, 0.15) is 28.8 Å². The third-order valence-corrected chi connectivity index (χ3v) is 4.03. The lowest BCUT2D eigenvalue weighted by atomic mass is 10.1. The number of nitrogens with zero attached hydrogens (tertiary/aromatic N) is 1. The van der Waals surface area contributed by atoms with Crippen LogP contribution in [-0.4, -0.2) is 19.6 Å². The highest BCUT2D eigenvalue weighted by atomic mass is 32.1. The normalized spacial score (nSPS) is 13.2. The van der Waals surface area contributed by atoms with Gasteiger partial charge in [0.25, 0.3) is 0 Å². The van der Waals surface area contributed by atoms with E-state index >= 15 is 0 Å². The highest BCUT2D eigenvalue weighted by Crippen LogP contribution is 2.38. The highest BCUT2D eigenvalue weighted by molar-refractivity contribution is 7.16. The molecule has 0 aliphatic heterocycles. The van der Waals surface area contributed by atoms with Crippen molar-refractivity contribution in [1.82, 2.24) is 0 Å². The standard InChI is InChI=1S/C12H14N2O2S/c1-16-6-5-11(15)14-12-9(7-13)8-3-2-4-10(8)17-12/h2-6H2,1H3,(H,14,15). The number of anilines is 1. The fraction of sp³-hybridized carbons (Fsp3) is 0.500. The van der Waals surface area contributed by atoms with Crippen LogP contribution >= 0.6 is 11.3 Å². The molecule has 1 N–H and O–H groups in total. The summed E-state index contributed by atoms with van der Waals surface area (Å²) in [6.45, 7) is 0.402. The van der Waals surface area contributed by atoms with Gasteiger partial charge in [0.2, 0.25) is 5.91 Å². The van der Waals surface area contributed by atoms with Gasteiger partial charge in [0.1, 0.15) is 11.1 Å². The summed E-state index contributed by atoms with van der Waals surface area (Å²) in [5, 5.41) is 12.7. The van der Waals surface area contributed by atoms with Gasteiger partial charge in [-0.25, -0.2) is 0 Å². The molecule has 2 rings (SSSR count). The molecule has 0 spiro atoms. The molecule has 1 aliphatic carbocycles. The maximum absolute atomic E-state index is 11.6. The number of amides is 1. The van der Waals surface area contributed by atoms with Crippen molar-refractivity contribution in [2.45, 2.75) is 25.7 Å². The van der Waals surface area contributed by atoms with Gasteiger partial charge in [-0.2, -0.15) is 5.26 Å². The van der Waals surface area contributed by atoms with E-state index in [4.69, 9.17) is 10.00 Å². The summed E-state index contributed by atoms with van der Waals surface area (Å²) in [5.41, 5.74) is 1.80. The first-order valence-electron chi connectivity index (χ1n) is 5.59. The number of ether oxygens (including phenoxy) is 1. The number of carbonyl (C=O) groups is 1. The molecule has 1 amide bonds. The van der Waals surface area contributed by atoms with Crippen molar-refractivity contribution in [3.05, 3.63) is 16.0 Å². The van der Waals surface area contributed by atoms with Crippen LogP contribution in [0.4, 0.5) is 5.00 Å². The first-order chi connectivity index (χ1) is 8.26. The van der Waals surface area contributed by atoms with Gasteiger partial charge >= 0.3 is 0 Å². The lowest BCUT2D eigenvalue weighted by molar-refractivity contribution is -0.117. The number of hydrogen-bond acceptors (Lipinski definition) is 4. The van der Waals surface area contributed by atoms with Crippen molar-refractivity contribution in [3.8, 4) is 6.07 Å². The van der Waals surface area contributed by atoms with Crippen molar-refractivity contribution >= 4 is 22.2 Å². The predicted octanol–water partition coefficient (Wildman–Crippen LogP) is 2.08. The quantitative estimate of drug-likeness (QED) is 0.890. The van der Waals surface area contributed by atoms with E-state index in [2.05, 4.69) is 11.4 Å². The molecule has 90 valence electrons. The second-order valence-electron chi connectivity index (χ2n) is 3.96. The van der Waals surface area contributed by atoms with Crippen LogP contribution in [0.15, 0.2) is 0 Å². The smallest absolute Gasteiger partial charge is 0.227 e. The Hall–Kier alpha value is -1.38. The Bertz CT molecular complexity index is 474. The number of carbonyl (C=O) groups excluding carboxylic acids is 1. The van der Waals surface area contributed by atoms with Gasteiger partial charge in [-0.05, 0) is 24.8 Å². The van der Waals surface area contributed by atoms with Crippen LogP contribution in [0.5, 0.6) is 0 Å². The summed E-state index contributed by atoms with van der Waals surface area (Å²) in [6.07, 6.45) is 3.43. The van der Waals surface area contributed by atoms with Crippen molar-refractivity contribution in [3.63, 3.8) is 0 Å². The van der Waals surface area contributed by atoms with E-state index in [0.717, 1.165) is 24.8 Å². The minimum Gasteiger partial charge on any atom is -0.384 e. The van der Waals surface area contributed by atoms with Crippen molar-refractivity contribution in [1.29, 1.82) is 5.26 Å². The molecule has 4 nitrogen and oxygen atoms in total. The van der Waals surface area contributed by atoms with Crippen LogP contribution in [0.3, 0.4) is 0 Å². The number of aryl methyl sites for hydroxylation is 1. The number of nitrogens with one attached hydrogen (secondary N) is 1. The zero-order chi connectivity index (χ0) is 12.3. The van der Waals surface area contributed by atoms with Gasteiger partial charge in [-0.15, -0.1) is 11.3 Å². The number of nitriles is 1. The number of thiophene rings is 1. The molecule has 0 fully saturated rings. The van der Waals surface area contributed by atoms with Gasteiger partial charge in [0.05, 0.1) is 18.6 Å². The van der Waals surface area contributed by atoms with Gasteiger partial charge in [0.15, 0.2) is 0 Å². The lowest BCUT2D eigenvalue weighted by Crippen LogP contribution is -2.13. The summed E-state index contributed by atoms with van der Waals surface area (Å²) < 4.78 is 4.85. The fourth-order valence-corrected chi connectivity index (χ4v) is 3.25. The summed E-state index contributed by atoms with van der Waals surface area (Å²) in [4.78, 5) is 12.8. The number of hydrogen-bond donors (Lipinski definition) is 1. The third-order valence-electron chi connectivity index (χ3n) is 2.82. The van der Waals surface area contributed by atoms with Crippen LogP contribution in [0.25, 0.3) is 0 Å². The average Bonchev–Trinajstić information content (AvgIpc) is 2.86. The third kappa shape index (κ3) is 2.48. The first kappa shape index (κ1) is 12.1. The number of methoxy groups -OCH3 is 1. The van der Waals surface area contributed by atoms with Crippen LogP contribution in [0, 0.1) is 11.3 Å². The zero-order valence-electron chi connectivity index (χ0n) is 9.71. The minimum atomic E-state index is -0.0942. The molecule has 5 heteroatoms. The van der Waals surface area contributed by atoms with Crippen LogP contribution in [-0.2, 0) is 22.4 Å². The maximum atomic E-state index is 11.6. The van der Waals surface area contributed by atoms with Gasteiger partial charge in [-0.1, -0.05) is 0 Å². The summed E-state index contributed by atoms with van der Waals surface area (Å²) in [7, 11) is 1.56. The monoisotopic (exact) mass is 250 g/mol. The van der Waals surface area contributed by atoms with Crippen molar-refractivity contribution in [2.24, 2.45) is 0 Å². The Labute approximate surface area is 104 Å². The van der Waals surface area contributed by atoms with Crippen molar-refractivity contribution in [2.75, 3.05) is 19.0 Å². The van der Waals surface area contributed by atoms with E-state index in [9.17, 15) is 4.79 Å². The largest absolute Gasteiger partial charge is 0.384 e.